The summed E-state index contributed by atoms with van der Waals surface area (Å²) < 4.78 is 40.2. The van der Waals surface area contributed by atoms with E-state index < -0.39 is 28.0 Å². The highest BCUT2D eigenvalue weighted by Gasteiger charge is 2.42. The van der Waals surface area contributed by atoms with Crippen molar-refractivity contribution in [3.63, 3.8) is 0 Å². The minimum Gasteiger partial charge on any atom is -0.493 e. The van der Waals surface area contributed by atoms with Crippen molar-refractivity contribution in [3.05, 3.63) is 65.7 Å². The second-order valence-corrected chi connectivity index (χ2v) is 13.0. The maximum Gasteiger partial charge on any atom is 0.245 e. The molecule has 2 aliphatic heterocycles. The van der Waals surface area contributed by atoms with E-state index in [0.717, 1.165) is 35.8 Å². The number of sulfonamides is 1. The first-order valence-electron chi connectivity index (χ1n) is 14.3. The second kappa shape index (κ2) is 12.9. The highest BCUT2D eigenvalue weighted by Crippen LogP contribution is 2.33. The predicted molar refractivity (Wildman–Crippen MR) is 168 cm³/mol. The minimum atomic E-state index is -4.05. The number of benzene rings is 3. The molecule has 2 heterocycles. The van der Waals surface area contributed by atoms with Gasteiger partial charge in [-0.2, -0.15) is 4.72 Å². The van der Waals surface area contributed by atoms with Gasteiger partial charge >= 0.3 is 0 Å². The number of likely N-dealkylation sites (tertiary alicyclic amines) is 2. The number of carbonyl (C=O) groups is 2. The molecule has 2 amide bonds. The second-order valence-electron chi connectivity index (χ2n) is 10.9. The van der Waals surface area contributed by atoms with E-state index in [4.69, 9.17) is 27.4 Å². The number of rotatable bonds is 10. The SMILES string of the molecule is COc1cc2ccc(S(=O)(=O)NC3CCN(C(Cc4ccc(C(N)=S)cc4)C(=O)N4CCCCC4)C3=O)cc2cc1OC. The number of thiocarbonyl (C=S) groups is 1. The zero-order chi connectivity index (χ0) is 30.7. The number of carbonyl (C=O) groups excluding carboxylic acids is 2. The lowest BCUT2D eigenvalue weighted by Crippen LogP contribution is -2.53. The Kier molecular flexibility index (Phi) is 9.19. The largest absolute Gasteiger partial charge is 0.493 e. The lowest BCUT2D eigenvalue weighted by Gasteiger charge is -2.34. The molecule has 2 saturated heterocycles. The summed E-state index contributed by atoms with van der Waals surface area (Å²) in [6.45, 7) is 1.55. The molecule has 3 aromatic carbocycles. The van der Waals surface area contributed by atoms with Crippen LogP contribution in [0.1, 0.15) is 36.8 Å². The fourth-order valence-corrected chi connectivity index (χ4v) is 7.18. The van der Waals surface area contributed by atoms with Gasteiger partial charge in [-0.25, -0.2) is 8.42 Å². The molecule has 2 unspecified atom stereocenters. The Hall–Kier alpha value is -3.74. The van der Waals surface area contributed by atoms with Crippen molar-refractivity contribution in [2.45, 2.75) is 49.1 Å². The monoisotopic (exact) mass is 624 g/mol. The van der Waals surface area contributed by atoms with Crippen LogP contribution in [0.2, 0.25) is 0 Å². The van der Waals surface area contributed by atoms with E-state index in [0.29, 0.717) is 36.4 Å². The third-order valence-corrected chi connectivity index (χ3v) is 9.86. The van der Waals surface area contributed by atoms with Crippen molar-refractivity contribution in [2.75, 3.05) is 33.9 Å². The standard InChI is InChI=1S/C31H36N4O6S2/c1-40-27-18-22-10-11-24(17-23(22)19-28(27)41-2)43(38,39)33-25-12-15-35(30(25)36)26(31(37)34-13-4-3-5-14-34)16-20-6-8-21(9-7-20)29(32)42/h6-11,17-19,25-26,33H,3-5,12-16H2,1-2H3,(H2,32,42). The van der Waals surface area contributed by atoms with Gasteiger partial charge in [0.25, 0.3) is 0 Å². The van der Waals surface area contributed by atoms with Gasteiger partial charge in [-0.15, -0.1) is 0 Å². The lowest BCUT2D eigenvalue weighted by molar-refractivity contribution is -0.144. The number of nitrogens with one attached hydrogen (secondary N) is 1. The number of hydrogen-bond acceptors (Lipinski definition) is 7. The van der Waals surface area contributed by atoms with Crippen molar-refractivity contribution < 1.29 is 27.5 Å². The van der Waals surface area contributed by atoms with Crippen molar-refractivity contribution in [2.24, 2.45) is 5.73 Å². The molecule has 2 aliphatic rings. The number of nitrogens with zero attached hydrogens (tertiary/aromatic N) is 2. The van der Waals surface area contributed by atoms with Gasteiger partial charge in [0.1, 0.15) is 17.1 Å². The molecule has 3 aromatic rings. The summed E-state index contributed by atoms with van der Waals surface area (Å²) in [6.07, 6.45) is 3.45. The first-order chi connectivity index (χ1) is 20.6. The Balaban J connectivity index is 1.37. The summed E-state index contributed by atoms with van der Waals surface area (Å²) in [5.41, 5.74) is 7.31. The number of ether oxygens (including phenoxy) is 2. The van der Waals surface area contributed by atoms with Crippen molar-refractivity contribution >= 4 is 49.8 Å². The third kappa shape index (κ3) is 6.61. The van der Waals surface area contributed by atoms with Gasteiger partial charge in [-0.3, -0.25) is 9.59 Å². The van der Waals surface area contributed by atoms with E-state index >= 15 is 0 Å². The summed E-state index contributed by atoms with van der Waals surface area (Å²) in [7, 11) is -1.01. The third-order valence-electron chi connectivity index (χ3n) is 8.16. The van der Waals surface area contributed by atoms with E-state index in [1.54, 1.807) is 30.3 Å². The number of piperidine rings is 1. The molecule has 0 aromatic heterocycles. The van der Waals surface area contributed by atoms with Gasteiger partial charge in [-0.05, 0) is 66.3 Å². The summed E-state index contributed by atoms with van der Waals surface area (Å²) in [6, 6.07) is 13.8. The first-order valence-corrected chi connectivity index (χ1v) is 16.2. The van der Waals surface area contributed by atoms with Crippen LogP contribution in [-0.2, 0) is 26.0 Å². The van der Waals surface area contributed by atoms with Gasteiger partial charge in [0.2, 0.25) is 21.8 Å². The average Bonchev–Trinajstić information content (AvgIpc) is 3.37. The summed E-state index contributed by atoms with van der Waals surface area (Å²) >= 11 is 5.06. The molecule has 2 fully saturated rings. The maximum absolute atomic E-state index is 13.8. The smallest absolute Gasteiger partial charge is 0.245 e. The van der Waals surface area contributed by atoms with Crippen LogP contribution in [0.4, 0.5) is 0 Å². The van der Waals surface area contributed by atoms with Crippen LogP contribution in [0.5, 0.6) is 11.5 Å². The molecule has 0 radical (unpaired) electrons. The van der Waals surface area contributed by atoms with E-state index in [9.17, 15) is 18.0 Å². The van der Waals surface area contributed by atoms with Crippen LogP contribution in [0.3, 0.4) is 0 Å². The quantitative estimate of drug-likeness (QED) is 0.329. The lowest BCUT2D eigenvalue weighted by atomic mass is 10.0. The molecule has 5 rings (SSSR count). The Bertz CT molecular complexity index is 1640. The molecule has 0 spiro atoms. The van der Waals surface area contributed by atoms with Crippen LogP contribution in [0.15, 0.2) is 59.5 Å². The molecule has 3 N–H and O–H groups in total. The zero-order valence-corrected chi connectivity index (χ0v) is 25.9. The highest BCUT2D eigenvalue weighted by atomic mass is 32.2. The van der Waals surface area contributed by atoms with E-state index in [1.807, 2.05) is 17.0 Å². The topological polar surface area (TPSA) is 131 Å². The number of amides is 2. The number of methoxy groups -OCH3 is 2. The molecular weight excluding hydrogens is 588 g/mol. The van der Waals surface area contributed by atoms with Crippen molar-refractivity contribution in [1.82, 2.24) is 14.5 Å². The Morgan fingerprint density at radius 1 is 0.977 bits per heavy atom. The van der Waals surface area contributed by atoms with Gasteiger partial charge < -0.3 is 25.0 Å². The molecule has 228 valence electrons. The van der Waals surface area contributed by atoms with Gasteiger partial charge in [0.05, 0.1) is 19.1 Å². The fourth-order valence-electron chi connectivity index (χ4n) is 5.78. The molecular formula is C31H36N4O6S2. The summed E-state index contributed by atoms with van der Waals surface area (Å²) in [4.78, 5) is 31.1. The summed E-state index contributed by atoms with van der Waals surface area (Å²) in [5, 5.41) is 1.42. The Labute approximate surface area is 257 Å². The molecule has 12 heteroatoms. The maximum atomic E-state index is 13.8. The van der Waals surface area contributed by atoms with E-state index in [2.05, 4.69) is 4.72 Å². The van der Waals surface area contributed by atoms with Crippen molar-refractivity contribution in [3.8, 4) is 11.5 Å². The molecule has 0 aliphatic carbocycles. The van der Waals surface area contributed by atoms with Gasteiger partial charge in [0, 0.05) is 31.6 Å². The fraction of sp³-hybridized carbons (Fsp3) is 0.387. The number of nitrogens with two attached hydrogens (primary N) is 1. The molecule has 10 nitrogen and oxygen atoms in total. The Morgan fingerprint density at radius 3 is 2.26 bits per heavy atom. The first kappa shape index (κ1) is 30.7. The van der Waals surface area contributed by atoms with Gasteiger partial charge in [-0.1, -0.05) is 42.5 Å². The normalized spacial score (nSPS) is 18.1. The number of fused-ring (bicyclic) bond motifs is 1. The number of hydrogen-bond donors (Lipinski definition) is 2. The van der Waals surface area contributed by atoms with Crippen LogP contribution < -0.4 is 19.9 Å². The van der Waals surface area contributed by atoms with E-state index in [-0.39, 0.29) is 28.8 Å². The molecule has 0 saturated carbocycles. The zero-order valence-electron chi connectivity index (χ0n) is 24.2. The minimum absolute atomic E-state index is 0.0253. The molecule has 2 atom stereocenters. The molecule has 43 heavy (non-hydrogen) atoms. The summed E-state index contributed by atoms with van der Waals surface area (Å²) in [5.74, 6) is 0.483. The van der Waals surface area contributed by atoms with Gasteiger partial charge in [0.15, 0.2) is 11.5 Å². The van der Waals surface area contributed by atoms with Crippen LogP contribution in [0.25, 0.3) is 10.8 Å². The predicted octanol–water partition coefficient (Wildman–Crippen LogP) is 2.99. The molecule has 0 bridgehead atoms. The van der Waals surface area contributed by atoms with Crippen molar-refractivity contribution in [1.29, 1.82) is 0 Å². The van der Waals surface area contributed by atoms with Crippen LogP contribution in [0, 0.1) is 0 Å². The van der Waals surface area contributed by atoms with Crippen LogP contribution >= 0.6 is 12.2 Å². The van der Waals surface area contributed by atoms with E-state index in [1.165, 1.54) is 31.3 Å². The average molecular weight is 625 g/mol. The Morgan fingerprint density at radius 2 is 1.63 bits per heavy atom. The van der Waals surface area contributed by atoms with Crippen LogP contribution in [-0.4, -0.2) is 81.0 Å². The highest BCUT2D eigenvalue weighted by molar-refractivity contribution is 7.89.